The molecule has 1 aliphatic carbocycles. The second kappa shape index (κ2) is 7.94. The molecule has 0 aromatic heterocycles. The lowest BCUT2D eigenvalue weighted by molar-refractivity contribution is -0.0915. The van der Waals surface area contributed by atoms with E-state index in [1.54, 1.807) is 0 Å². The highest BCUT2D eigenvalue weighted by atomic mass is 16.5. The first-order valence-electron chi connectivity index (χ1n) is 9.14. The molecule has 2 fully saturated rings. The van der Waals surface area contributed by atoms with Gasteiger partial charge in [-0.2, -0.15) is 0 Å². The van der Waals surface area contributed by atoms with Gasteiger partial charge < -0.3 is 10.1 Å². The van der Waals surface area contributed by atoms with E-state index in [2.05, 4.69) is 44.8 Å². The molecule has 5 atom stereocenters. The van der Waals surface area contributed by atoms with Crippen molar-refractivity contribution in [3.05, 3.63) is 0 Å². The van der Waals surface area contributed by atoms with Crippen molar-refractivity contribution in [2.24, 2.45) is 11.8 Å². The molecule has 0 radical (unpaired) electrons. The lowest BCUT2D eigenvalue weighted by Gasteiger charge is -2.47. The Morgan fingerprint density at radius 2 is 1.81 bits per heavy atom. The third-order valence-electron chi connectivity index (χ3n) is 5.37. The molecule has 2 aliphatic rings. The maximum Gasteiger partial charge on any atom is 0.0678 e. The largest absolute Gasteiger partial charge is 0.373 e. The van der Waals surface area contributed by atoms with Gasteiger partial charge in [0.1, 0.15) is 0 Å². The van der Waals surface area contributed by atoms with Crippen molar-refractivity contribution < 1.29 is 4.74 Å². The van der Waals surface area contributed by atoms with Crippen LogP contribution < -0.4 is 5.32 Å². The third-order valence-corrected chi connectivity index (χ3v) is 5.37. The van der Waals surface area contributed by atoms with Crippen molar-refractivity contribution in [2.45, 2.75) is 84.6 Å². The smallest absolute Gasteiger partial charge is 0.0678 e. The van der Waals surface area contributed by atoms with E-state index in [1.807, 2.05) is 0 Å². The molecule has 1 aliphatic heterocycles. The summed E-state index contributed by atoms with van der Waals surface area (Å²) in [7, 11) is 0. The minimum absolute atomic E-state index is 0.375. The Kier molecular flexibility index (Phi) is 6.51. The second-order valence-corrected chi connectivity index (χ2v) is 7.66. The van der Waals surface area contributed by atoms with Gasteiger partial charge in [-0.05, 0) is 57.9 Å². The molecule has 0 bridgehead atoms. The van der Waals surface area contributed by atoms with E-state index in [-0.39, 0.29) is 0 Å². The van der Waals surface area contributed by atoms with E-state index in [0.29, 0.717) is 24.3 Å². The summed E-state index contributed by atoms with van der Waals surface area (Å²) in [6, 6.07) is 1.38. The van der Waals surface area contributed by atoms with E-state index < -0.39 is 0 Å². The third kappa shape index (κ3) is 4.67. The fourth-order valence-electron chi connectivity index (χ4n) is 4.24. The van der Waals surface area contributed by atoms with Crippen LogP contribution in [0.1, 0.15) is 60.3 Å². The summed E-state index contributed by atoms with van der Waals surface area (Å²) in [5.74, 6) is 1.71. The lowest BCUT2D eigenvalue weighted by atomic mass is 9.76. The molecule has 1 saturated carbocycles. The average Bonchev–Trinajstić information content (AvgIpc) is 2.43. The maximum absolute atomic E-state index is 5.94. The number of hydrogen-bond acceptors (Lipinski definition) is 3. The molecule has 1 heterocycles. The summed E-state index contributed by atoms with van der Waals surface area (Å²) in [4.78, 5) is 2.72. The van der Waals surface area contributed by atoms with Crippen LogP contribution >= 0.6 is 0 Å². The number of hydrogen-bond donors (Lipinski definition) is 1. The molecule has 0 spiro atoms. The van der Waals surface area contributed by atoms with Gasteiger partial charge in [0.2, 0.25) is 0 Å². The SMILES string of the molecule is CCCNC1CCC(C(C)C)CC1N1CC(C)OC(C)C1. The van der Waals surface area contributed by atoms with Crippen LogP contribution in [0.2, 0.25) is 0 Å². The molecule has 124 valence electrons. The van der Waals surface area contributed by atoms with E-state index >= 15 is 0 Å². The number of morpholine rings is 1. The highest BCUT2D eigenvalue weighted by molar-refractivity contribution is 4.94. The predicted molar refractivity (Wildman–Crippen MR) is 89.6 cm³/mol. The topological polar surface area (TPSA) is 24.5 Å². The van der Waals surface area contributed by atoms with Crippen molar-refractivity contribution in [2.75, 3.05) is 19.6 Å². The zero-order valence-corrected chi connectivity index (χ0v) is 14.8. The normalized spacial score (nSPS) is 38.9. The molecule has 0 aromatic carbocycles. The zero-order valence-electron chi connectivity index (χ0n) is 14.8. The Hall–Kier alpha value is -0.120. The second-order valence-electron chi connectivity index (χ2n) is 7.66. The maximum atomic E-state index is 5.94. The molecule has 3 heteroatoms. The van der Waals surface area contributed by atoms with E-state index in [1.165, 1.54) is 25.7 Å². The number of nitrogens with one attached hydrogen (secondary N) is 1. The molecule has 5 unspecified atom stereocenters. The summed E-state index contributed by atoms with van der Waals surface area (Å²) in [5, 5.41) is 3.83. The van der Waals surface area contributed by atoms with Gasteiger partial charge >= 0.3 is 0 Å². The quantitative estimate of drug-likeness (QED) is 0.842. The number of rotatable bonds is 5. The van der Waals surface area contributed by atoms with Crippen molar-refractivity contribution in [1.29, 1.82) is 0 Å². The van der Waals surface area contributed by atoms with Gasteiger partial charge in [0.05, 0.1) is 12.2 Å². The van der Waals surface area contributed by atoms with Crippen LogP contribution in [-0.2, 0) is 4.74 Å². The van der Waals surface area contributed by atoms with Crippen LogP contribution in [0.3, 0.4) is 0 Å². The molecular formula is C18H36N2O. The minimum Gasteiger partial charge on any atom is -0.373 e. The van der Waals surface area contributed by atoms with Crippen LogP contribution in [0.4, 0.5) is 0 Å². The number of ether oxygens (including phenoxy) is 1. The minimum atomic E-state index is 0.375. The van der Waals surface area contributed by atoms with Crippen LogP contribution in [-0.4, -0.2) is 48.8 Å². The Morgan fingerprint density at radius 1 is 1.14 bits per heavy atom. The standard InChI is InChI=1S/C18H36N2O/c1-6-9-19-17-8-7-16(13(2)3)10-18(17)20-11-14(4)21-15(5)12-20/h13-19H,6-12H2,1-5H3. The van der Waals surface area contributed by atoms with Crippen molar-refractivity contribution in [1.82, 2.24) is 10.2 Å². The van der Waals surface area contributed by atoms with E-state index in [4.69, 9.17) is 4.74 Å². The first-order chi connectivity index (χ1) is 10.0. The molecule has 1 saturated heterocycles. The first-order valence-corrected chi connectivity index (χ1v) is 9.14. The van der Waals surface area contributed by atoms with Gasteiger partial charge in [0.25, 0.3) is 0 Å². The van der Waals surface area contributed by atoms with E-state index in [0.717, 1.165) is 31.5 Å². The van der Waals surface area contributed by atoms with Gasteiger partial charge in [0.15, 0.2) is 0 Å². The van der Waals surface area contributed by atoms with Crippen molar-refractivity contribution in [3.63, 3.8) is 0 Å². The van der Waals surface area contributed by atoms with Gasteiger partial charge in [0, 0.05) is 25.2 Å². The van der Waals surface area contributed by atoms with Crippen LogP contribution in [0.15, 0.2) is 0 Å². The van der Waals surface area contributed by atoms with Gasteiger partial charge in [-0.3, -0.25) is 4.90 Å². The van der Waals surface area contributed by atoms with Gasteiger partial charge in [-0.15, -0.1) is 0 Å². The Labute approximate surface area is 131 Å². The zero-order chi connectivity index (χ0) is 15.4. The fraction of sp³-hybridized carbons (Fsp3) is 1.00. The summed E-state index contributed by atoms with van der Waals surface area (Å²) in [6.45, 7) is 14.9. The molecule has 0 amide bonds. The first kappa shape index (κ1) is 17.2. The number of nitrogens with zero attached hydrogens (tertiary/aromatic N) is 1. The summed E-state index contributed by atoms with van der Waals surface area (Å²) >= 11 is 0. The van der Waals surface area contributed by atoms with Gasteiger partial charge in [-0.1, -0.05) is 20.8 Å². The van der Waals surface area contributed by atoms with Crippen molar-refractivity contribution >= 4 is 0 Å². The molecule has 1 N–H and O–H groups in total. The molecule has 0 aromatic rings. The molecule has 21 heavy (non-hydrogen) atoms. The summed E-state index contributed by atoms with van der Waals surface area (Å²) in [6.07, 6.45) is 6.07. The Morgan fingerprint density at radius 3 is 2.38 bits per heavy atom. The average molecular weight is 296 g/mol. The highest BCUT2D eigenvalue weighted by Gasteiger charge is 2.37. The summed E-state index contributed by atoms with van der Waals surface area (Å²) < 4.78 is 5.94. The van der Waals surface area contributed by atoms with Gasteiger partial charge in [-0.25, -0.2) is 0 Å². The molecular weight excluding hydrogens is 260 g/mol. The van der Waals surface area contributed by atoms with Crippen LogP contribution in [0, 0.1) is 11.8 Å². The highest BCUT2D eigenvalue weighted by Crippen LogP contribution is 2.34. The fourth-order valence-corrected chi connectivity index (χ4v) is 4.24. The monoisotopic (exact) mass is 296 g/mol. The molecule has 3 nitrogen and oxygen atoms in total. The van der Waals surface area contributed by atoms with Crippen LogP contribution in [0.25, 0.3) is 0 Å². The lowest BCUT2D eigenvalue weighted by Crippen LogP contribution is -2.59. The summed E-state index contributed by atoms with van der Waals surface area (Å²) in [5.41, 5.74) is 0. The van der Waals surface area contributed by atoms with Crippen LogP contribution in [0.5, 0.6) is 0 Å². The Balaban J connectivity index is 2.04. The Bertz CT molecular complexity index is 298. The van der Waals surface area contributed by atoms with E-state index in [9.17, 15) is 0 Å². The molecule has 2 rings (SSSR count). The predicted octanol–water partition coefficient (Wildman–Crippen LogP) is 3.29. The van der Waals surface area contributed by atoms with Crippen molar-refractivity contribution in [3.8, 4) is 0 Å².